The predicted molar refractivity (Wildman–Crippen MR) is 89.0 cm³/mol. The summed E-state index contributed by atoms with van der Waals surface area (Å²) < 4.78 is 0. The zero-order valence-electron chi connectivity index (χ0n) is 12.7. The lowest BCUT2D eigenvalue weighted by Crippen LogP contribution is -2.30. The van der Waals surface area contributed by atoms with Crippen LogP contribution in [0.1, 0.15) is 22.3 Å². The molecular formula is C19H19NO2. The largest absolute Gasteiger partial charge is 0.506 e. The highest BCUT2D eigenvalue weighted by atomic mass is 16.3. The Morgan fingerprint density at radius 1 is 0.818 bits per heavy atom. The fraction of sp³-hybridized carbons (Fsp3) is 0.158. The van der Waals surface area contributed by atoms with Crippen LogP contribution in [0.15, 0.2) is 60.5 Å². The third-order valence-corrected chi connectivity index (χ3v) is 3.88. The Morgan fingerprint density at radius 2 is 1.32 bits per heavy atom. The minimum absolute atomic E-state index is 0.129. The molecule has 0 saturated heterocycles. The van der Waals surface area contributed by atoms with Gasteiger partial charge in [-0.2, -0.15) is 0 Å². The van der Waals surface area contributed by atoms with Crippen molar-refractivity contribution in [3.8, 4) is 0 Å². The minimum atomic E-state index is -0.852. The molecule has 112 valence electrons. The molecule has 2 aromatic rings. The van der Waals surface area contributed by atoms with Crippen molar-refractivity contribution in [2.75, 3.05) is 0 Å². The molecule has 22 heavy (non-hydrogen) atoms. The number of hydrogen-bond acceptors (Lipinski definition) is 3. The van der Waals surface area contributed by atoms with Gasteiger partial charge in [-0.25, -0.2) is 0 Å². The molecule has 1 heterocycles. The topological polar surface area (TPSA) is 52.5 Å². The van der Waals surface area contributed by atoms with Crippen LogP contribution in [0.25, 0.3) is 11.1 Å². The molecule has 0 amide bonds. The third-order valence-electron chi connectivity index (χ3n) is 3.88. The molecule has 0 saturated carbocycles. The van der Waals surface area contributed by atoms with E-state index in [4.69, 9.17) is 0 Å². The van der Waals surface area contributed by atoms with Gasteiger partial charge in [0.2, 0.25) is 0 Å². The highest BCUT2D eigenvalue weighted by Gasteiger charge is 2.24. The maximum absolute atomic E-state index is 10.4. The van der Waals surface area contributed by atoms with Crippen LogP contribution >= 0.6 is 0 Å². The van der Waals surface area contributed by atoms with Crippen molar-refractivity contribution < 1.29 is 10.2 Å². The molecular weight excluding hydrogens is 274 g/mol. The van der Waals surface area contributed by atoms with E-state index in [1.807, 2.05) is 62.4 Å². The number of nitrogens with one attached hydrogen (secondary N) is 1. The fourth-order valence-corrected chi connectivity index (χ4v) is 2.65. The zero-order valence-corrected chi connectivity index (χ0v) is 12.7. The van der Waals surface area contributed by atoms with Crippen LogP contribution in [0.4, 0.5) is 0 Å². The summed E-state index contributed by atoms with van der Waals surface area (Å²) in [4.78, 5) is 0. The lowest BCUT2D eigenvalue weighted by molar-refractivity contribution is 0.207. The van der Waals surface area contributed by atoms with Crippen molar-refractivity contribution in [1.82, 2.24) is 5.32 Å². The van der Waals surface area contributed by atoms with E-state index in [-0.39, 0.29) is 5.76 Å². The van der Waals surface area contributed by atoms with E-state index >= 15 is 0 Å². The van der Waals surface area contributed by atoms with Crippen molar-refractivity contribution >= 4 is 11.1 Å². The van der Waals surface area contributed by atoms with E-state index in [1.165, 1.54) is 6.20 Å². The van der Waals surface area contributed by atoms with Gasteiger partial charge in [0.1, 0.15) is 5.76 Å². The second-order valence-corrected chi connectivity index (χ2v) is 5.62. The maximum atomic E-state index is 10.4. The molecule has 1 unspecified atom stereocenters. The number of rotatable bonds is 2. The second kappa shape index (κ2) is 5.70. The van der Waals surface area contributed by atoms with E-state index in [0.717, 1.165) is 22.3 Å². The van der Waals surface area contributed by atoms with Crippen molar-refractivity contribution in [2.24, 2.45) is 0 Å². The summed E-state index contributed by atoms with van der Waals surface area (Å²) in [5.41, 5.74) is 5.42. The number of aliphatic hydroxyl groups is 2. The Morgan fingerprint density at radius 3 is 1.86 bits per heavy atom. The Labute approximate surface area is 130 Å². The van der Waals surface area contributed by atoms with Crippen LogP contribution in [0, 0.1) is 13.8 Å². The number of aryl methyl sites for hydroxylation is 2. The van der Waals surface area contributed by atoms with E-state index in [2.05, 4.69) is 5.32 Å². The number of dihydropyridines is 1. The third kappa shape index (κ3) is 2.63. The monoisotopic (exact) mass is 293 g/mol. The van der Waals surface area contributed by atoms with E-state index < -0.39 is 6.23 Å². The Kier molecular flexibility index (Phi) is 3.73. The Bertz CT molecular complexity index is 740. The molecule has 1 aliphatic heterocycles. The van der Waals surface area contributed by atoms with E-state index in [0.29, 0.717) is 11.1 Å². The first-order valence-corrected chi connectivity index (χ1v) is 7.28. The first-order chi connectivity index (χ1) is 10.6. The molecule has 2 aromatic carbocycles. The van der Waals surface area contributed by atoms with Gasteiger partial charge >= 0.3 is 0 Å². The van der Waals surface area contributed by atoms with Gasteiger partial charge < -0.3 is 15.5 Å². The molecule has 0 aromatic heterocycles. The van der Waals surface area contributed by atoms with Gasteiger partial charge in [0.15, 0.2) is 6.23 Å². The summed E-state index contributed by atoms with van der Waals surface area (Å²) in [7, 11) is 0. The predicted octanol–water partition coefficient (Wildman–Crippen LogP) is 3.54. The summed E-state index contributed by atoms with van der Waals surface area (Å²) in [5.74, 6) is 0.129. The summed E-state index contributed by atoms with van der Waals surface area (Å²) in [5, 5.41) is 23.5. The van der Waals surface area contributed by atoms with Crippen LogP contribution in [-0.4, -0.2) is 16.4 Å². The van der Waals surface area contributed by atoms with Crippen LogP contribution in [0.5, 0.6) is 0 Å². The molecule has 0 fully saturated rings. The van der Waals surface area contributed by atoms with Crippen molar-refractivity contribution in [1.29, 1.82) is 0 Å². The Hall–Kier alpha value is -2.52. The standard InChI is InChI=1S/C19H19NO2/c1-12-3-7-14(8-4-12)17-16(21)11-20-19(22)18(17)15-9-5-13(2)6-10-15/h3-11,19-22H,1-2H3. The molecule has 0 aliphatic carbocycles. The molecule has 0 spiro atoms. The normalized spacial score (nSPS) is 18.0. The quantitative estimate of drug-likeness (QED) is 0.794. The summed E-state index contributed by atoms with van der Waals surface area (Å²) in [6.07, 6.45) is 0.590. The van der Waals surface area contributed by atoms with Crippen LogP contribution in [0.3, 0.4) is 0 Å². The van der Waals surface area contributed by atoms with Crippen LogP contribution in [-0.2, 0) is 0 Å². The number of hydrogen-bond donors (Lipinski definition) is 3. The van der Waals surface area contributed by atoms with Crippen molar-refractivity contribution in [3.05, 3.63) is 82.7 Å². The lowest BCUT2D eigenvalue weighted by Gasteiger charge is -2.25. The highest BCUT2D eigenvalue weighted by molar-refractivity contribution is 5.99. The smallest absolute Gasteiger partial charge is 0.151 e. The van der Waals surface area contributed by atoms with Crippen LogP contribution in [0.2, 0.25) is 0 Å². The first-order valence-electron chi connectivity index (χ1n) is 7.28. The van der Waals surface area contributed by atoms with Gasteiger partial charge in [-0.1, -0.05) is 59.7 Å². The number of benzene rings is 2. The average molecular weight is 293 g/mol. The summed E-state index contributed by atoms with van der Waals surface area (Å²) >= 11 is 0. The minimum Gasteiger partial charge on any atom is -0.506 e. The Balaban J connectivity index is 2.21. The number of allylic oxidation sites excluding steroid dienone is 1. The summed E-state index contributed by atoms with van der Waals surface area (Å²) in [6.45, 7) is 4.04. The molecule has 1 atom stereocenters. The molecule has 3 rings (SSSR count). The van der Waals surface area contributed by atoms with Gasteiger partial charge in [0.05, 0.1) is 0 Å². The van der Waals surface area contributed by atoms with Gasteiger partial charge in [-0.05, 0) is 25.0 Å². The van der Waals surface area contributed by atoms with Crippen molar-refractivity contribution in [3.63, 3.8) is 0 Å². The highest BCUT2D eigenvalue weighted by Crippen LogP contribution is 2.35. The lowest BCUT2D eigenvalue weighted by atomic mass is 9.90. The molecule has 0 radical (unpaired) electrons. The molecule has 0 bridgehead atoms. The second-order valence-electron chi connectivity index (χ2n) is 5.62. The van der Waals surface area contributed by atoms with E-state index in [1.54, 1.807) is 0 Å². The van der Waals surface area contributed by atoms with Crippen LogP contribution < -0.4 is 5.32 Å². The maximum Gasteiger partial charge on any atom is 0.151 e. The van der Waals surface area contributed by atoms with E-state index in [9.17, 15) is 10.2 Å². The zero-order chi connectivity index (χ0) is 15.7. The van der Waals surface area contributed by atoms with Gasteiger partial charge in [0, 0.05) is 17.3 Å². The molecule has 3 N–H and O–H groups in total. The molecule has 1 aliphatic rings. The average Bonchev–Trinajstić information content (AvgIpc) is 2.51. The van der Waals surface area contributed by atoms with Gasteiger partial charge in [-0.3, -0.25) is 0 Å². The molecule has 3 nitrogen and oxygen atoms in total. The first kappa shape index (κ1) is 14.4. The van der Waals surface area contributed by atoms with Gasteiger partial charge in [0.25, 0.3) is 0 Å². The SMILES string of the molecule is Cc1ccc(C2=C(c3ccc(C)cc3)C(O)NC=C2O)cc1. The van der Waals surface area contributed by atoms with Crippen molar-refractivity contribution in [2.45, 2.75) is 20.1 Å². The van der Waals surface area contributed by atoms with Gasteiger partial charge in [-0.15, -0.1) is 0 Å². The fourth-order valence-electron chi connectivity index (χ4n) is 2.65. The number of aliphatic hydroxyl groups excluding tert-OH is 2. The molecule has 3 heteroatoms. The summed E-state index contributed by atoms with van der Waals surface area (Å²) in [6, 6.07) is 15.8.